The predicted octanol–water partition coefficient (Wildman–Crippen LogP) is -0.0685. The maximum absolute atomic E-state index is 12.7. The lowest BCUT2D eigenvalue weighted by molar-refractivity contribution is -0.134. The molecule has 4 rings (SSSR count). The van der Waals surface area contributed by atoms with Crippen molar-refractivity contribution in [2.75, 3.05) is 40.3 Å². The van der Waals surface area contributed by atoms with E-state index in [0.717, 1.165) is 32.5 Å². The molecule has 3 fully saturated rings. The van der Waals surface area contributed by atoms with Crippen molar-refractivity contribution in [3.8, 4) is 0 Å². The number of aryl methyl sites for hydroxylation is 1. The van der Waals surface area contributed by atoms with Gasteiger partial charge in [-0.3, -0.25) is 14.5 Å². The van der Waals surface area contributed by atoms with Gasteiger partial charge in [-0.1, -0.05) is 10.3 Å². The van der Waals surface area contributed by atoms with Crippen LogP contribution >= 0.6 is 0 Å². The zero-order valence-electron chi connectivity index (χ0n) is 14.6. The Bertz CT molecular complexity index is 615. The van der Waals surface area contributed by atoms with Gasteiger partial charge in [0.1, 0.15) is 11.4 Å². The number of rotatable bonds is 4. The molecule has 0 radical (unpaired) electrons. The standard InChI is InChI=1S/C16H25N5O3/c1-11-14(18-24-17-11)6-15(22)21-8-12-4-5-13(21)9-20(7-12)10-16(23)19(2)3/h12-13H,4-10H2,1-3H3/t12-,13+/m0/s1. The number of likely N-dealkylation sites (N-methyl/N-ethyl adjacent to an activating group) is 1. The third-order valence-corrected chi connectivity index (χ3v) is 5.03. The molecule has 3 saturated heterocycles. The Balaban J connectivity index is 1.66. The normalized spacial score (nSPS) is 24.0. The zero-order chi connectivity index (χ0) is 17.3. The number of hydrogen-bond acceptors (Lipinski definition) is 6. The zero-order valence-corrected chi connectivity index (χ0v) is 14.6. The van der Waals surface area contributed by atoms with Crippen molar-refractivity contribution >= 4 is 11.8 Å². The highest BCUT2D eigenvalue weighted by molar-refractivity contribution is 5.79. The average Bonchev–Trinajstić information content (AvgIpc) is 2.75. The van der Waals surface area contributed by atoms with E-state index in [9.17, 15) is 9.59 Å². The predicted molar refractivity (Wildman–Crippen MR) is 86.1 cm³/mol. The van der Waals surface area contributed by atoms with Crippen LogP contribution in [0.25, 0.3) is 0 Å². The third kappa shape index (κ3) is 3.58. The van der Waals surface area contributed by atoms with Crippen LogP contribution in [0.1, 0.15) is 24.2 Å². The molecule has 2 atom stereocenters. The quantitative estimate of drug-likeness (QED) is 0.766. The Kier molecular flexibility index (Phi) is 4.84. The molecular formula is C16H25N5O3. The molecule has 0 saturated carbocycles. The lowest BCUT2D eigenvalue weighted by Crippen LogP contribution is -2.48. The van der Waals surface area contributed by atoms with E-state index in [2.05, 4.69) is 19.8 Å². The second kappa shape index (κ2) is 6.88. The molecule has 3 aliphatic heterocycles. The van der Waals surface area contributed by atoms with Crippen LogP contribution in [0.2, 0.25) is 0 Å². The first-order valence-electron chi connectivity index (χ1n) is 8.44. The summed E-state index contributed by atoms with van der Waals surface area (Å²) in [6, 6.07) is 0.173. The summed E-state index contributed by atoms with van der Waals surface area (Å²) in [4.78, 5) is 30.5. The molecule has 1 aromatic heterocycles. The van der Waals surface area contributed by atoms with Gasteiger partial charge < -0.3 is 9.80 Å². The first-order chi connectivity index (χ1) is 11.4. The molecule has 0 aromatic carbocycles. The van der Waals surface area contributed by atoms with E-state index in [1.165, 1.54) is 0 Å². The molecule has 8 nitrogen and oxygen atoms in total. The number of carbonyl (C=O) groups is 2. The topological polar surface area (TPSA) is 82.8 Å². The molecule has 2 amide bonds. The Morgan fingerprint density at radius 2 is 2.00 bits per heavy atom. The molecular weight excluding hydrogens is 310 g/mol. The summed E-state index contributed by atoms with van der Waals surface area (Å²) in [5, 5.41) is 7.55. The lowest BCUT2D eigenvalue weighted by Gasteiger charge is -2.36. The molecule has 4 heterocycles. The van der Waals surface area contributed by atoms with Crippen LogP contribution in [0.3, 0.4) is 0 Å². The van der Waals surface area contributed by atoms with Crippen LogP contribution < -0.4 is 0 Å². The highest BCUT2D eigenvalue weighted by Crippen LogP contribution is 2.28. The summed E-state index contributed by atoms with van der Waals surface area (Å²) < 4.78 is 4.68. The highest BCUT2D eigenvalue weighted by atomic mass is 16.6. The first-order valence-corrected chi connectivity index (χ1v) is 8.44. The molecule has 8 heteroatoms. The lowest BCUT2D eigenvalue weighted by atomic mass is 9.94. The summed E-state index contributed by atoms with van der Waals surface area (Å²) in [6.45, 7) is 4.62. The fraction of sp³-hybridized carbons (Fsp3) is 0.750. The van der Waals surface area contributed by atoms with Gasteiger partial charge in [-0.15, -0.1) is 0 Å². The molecule has 1 aromatic rings. The monoisotopic (exact) mass is 335 g/mol. The first kappa shape index (κ1) is 16.9. The van der Waals surface area contributed by atoms with Gasteiger partial charge in [0.15, 0.2) is 0 Å². The van der Waals surface area contributed by atoms with E-state index < -0.39 is 0 Å². The number of fused-ring (bicyclic) bond motifs is 4. The van der Waals surface area contributed by atoms with Gasteiger partial charge in [0.2, 0.25) is 11.8 Å². The number of amides is 2. The van der Waals surface area contributed by atoms with Crippen LogP contribution in [0.4, 0.5) is 0 Å². The van der Waals surface area contributed by atoms with Crippen LogP contribution in [0.5, 0.6) is 0 Å². The fourth-order valence-electron chi connectivity index (χ4n) is 3.60. The van der Waals surface area contributed by atoms with Crippen molar-refractivity contribution in [2.24, 2.45) is 5.92 Å². The van der Waals surface area contributed by atoms with Gasteiger partial charge in [-0.2, -0.15) is 0 Å². The van der Waals surface area contributed by atoms with E-state index in [-0.39, 0.29) is 24.3 Å². The molecule has 132 valence electrons. The van der Waals surface area contributed by atoms with Gasteiger partial charge in [-0.05, 0) is 25.7 Å². The van der Waals surface area contributed by atoms with Crippen LogP contribution in [0.15, 0.2) is 4.63 Å². The van der Waals surface area contributed by atoms with Crippen molar-refractivity contribution in [1.82, 2.24) is 25.0 Å². The van der Waals surface area contributed by atoms with Crippen LogP contribution in [-0.2, 0) is 16.0 Å². The van der Waals surface area contributed by atoms with Crippen molar-refractivity contribution in [2.45, 2.75) is 32.2 Å². The SMILES string of the molecule is Cc1nonc1CC(=O)N1C[C@H]2CC[C@@H]1CN(CC(=O)N(C)C)C2. The van der Waals surface area contributed by atoms with E-state index >= 15 is 0 Å². The van der Waals surface area contributed by atoms with Crippen molar-refractivity contribution in [3.63, 3.8) is 0 Å². The fourth-order valence-corrected chi connectivity index (χ4v) is 3.60. The number of piperidine rings is 1. The second-order valence-electron chi connectivity index (χ2n) is 7.10. The smallest absolute Gasteiger partial charge is 0.236 e. The highest BCUT2D eigenvalue weighted by Gasteiger charge is 2.37. The Morgan fingerprint density at radius 3 is 2.67 bits per heavy atom. The Hall–Kier alpha value is -1.96. The Labute approximate surface area is 141 Å². The van der Waals surface area contributed by atoms with Crippen molar-refractivity contribution < 1.29 is 14.2 Å². The van der Waals surface area contributed by atoms with Gasteiger partial charge in [0.05, 0.1) is 13.0 Å². The minimum absolute atomic E-state index is 0.0734. The maximum Gasteiger partial charge on any atom is 0.236 e. The van der Waals surface area contributed by atoms with Crippen molar-refractivity contribution in [3.05, 3.63) is 11.4 Å². The van der Waals surface area contributed by atoms with Crippen LogP contribution in [-0.4, -0.2) is 83.1 Å². The maximum atomic E-state index is 12.7. The number of nitrogens with zero attached hydrogens (tertiary/aromatic N) is 5. The van der Waals surface area contributed by atoms with E-state index in [4.69, 9.17) is 0 Å². The van der Waals surface area contributed by atoms with E-state index in [1.54, 1.807) is 25.9 Å². The van der Waals surface area contributed by atoms with Gasteiger partial charge in [0, 0.05) is 39.8 Å². The van der Waals surface area contributed by atoms with Gasteiger partial charge >= 0.3 is 0 Å². The van der Waals surface area contributed by atoms with E-state index in [1.807, 2.05) is 4.90 Å². The Morgan fingerprint density at radius 1 is 1.21 bits per heavy atom. The van der Waals surface area contributed by atoms with Gasteiger partial charge in [-0.25, -0.2) is 4.63 Å². The number of carbonyl (C=O) groups excluding carboxylic acids is 2. The third-order valence-electron chi connectivity index (χ3n) is 5.03. The largest absolute Gasteiger partial charge is 0.348 e. The number of aromatic nitrogens is 2. The molecule has 2 bridgehead atoms. The van der Waals surface area contributed by atoms with Crippen LogP contribution in [0, 0.1) is 12.8 Å². The van der Waals surface area contributed by atoms with Gasteiger partial charge in [0.25, 0.3) is 0 Å². The summed E-state index contributed by atoms with van der Waals surface area (Å²) in [6.07, 6.45) is 2.35. The van der Waals surface area contributed by atoms with Crippen molar-refractivity contribution in [1.29, 1.82) is 0 Å². The minimum Gasteiger partial charge on any atom is -0.348 e. The number of hydrogen-bond donors (Lipinski definition) is 0. The summed E-state index contributed by atoms with van der Waals surface area (Å²) in [5.41, 5.74) is 1.28. The molecule has 0 aliphatic carbocycles. The molecule has 0 unspecified atom stereocenters. The molecule has 24 heavy (non-hydrogen) atoms. The summed E-state index contributed by atoms with van der Waals surface area (Å²) >= 11 is 0. The minimum atomic E-state index is 0.0734. The molecule has 0 N–H and O–H groups in total. The molecule has 3 aliphatic rings. The molecule has 0 spiro atoms. The average molecular weight is 335 g/mol. The summed E-state index contributed by atoms with van der Waals surface area (Å²) in [5.74, 6) is 0.613. The summed E-state index contributed by atoms with van der Waals surface area (Å²) in [7, 11) is 3.55. The van der Waals surface area contributed by atoms with E-state index in [0.29, 0.717) is 23.9 Å². The second-order valence-corrected chi connectivity index (χ2v) is 7.10.